The van der Waals surface area contributed by atoms with Crippen molar-refractivity contribution in [2.75, 3.05) is 33.8 Å². The van der Waals surface area contributed by atoms with Gasteiger partial charge >= 0.3 is 0 Å². The molecule has 31 heavy (non-hydrogen) atoms. The molecule has 2 aromatic carbocycles. The predicted octanol–water partition coefficient (Wildman–Crippen LogP) is 4.11. The standard InChI is InChI=1S/C24H27ClN2O4/c1-4-31-19-8-5-7-17(15-19)21-20(22(28)16-9-11-18(25)12-10-16)23(29)24(30)27(21)14-6-13-26(2)3/h5,7-12,15,21,28H,4,6,13-14H2,1-3H3. The summed E-state index contributed by atoms with van der Waals surface area (Å²) in [5.41, 5.74) is 1.22. The second kappa shape index (κ2) is 9.98. The van der Waals surface area contributed by atoms with Gasteiger partial charge in [-0.2, -0.15) is 0 Å². The number of benzene rings is 2. The maximum atomic E-state index is 13.0. The highest BCUT2D eigenvalue weighted by Gasteiger charge is 2.45. The second-order valence-electron chi connectivity index (χ2n) is 7.66. The van der Waals surface area contributed by atoms with E-state index in [-0.39, 0.29) is 11.3 Å². The minimum absolute atomic E-state index is 0.0748. The molecule has 1 saturated heterocycles. The van der Waals surface area contributed by atoms with Crippen LogP contribution in [-0.4, -0.2) is 60.4 Å². The van der Waals surface area contributed by atoms with E-state index in [1.807, 2.05) is 50.2 Å². The summed E-state index contributed by atoms with van der Waals surface area (Å²) in [6.07, 6.45) is 0.697. The number of hydrogen-bond acceptors (Lipinski definition) is 5. The number of amides is 1. The van der Waals surface area contributed by atoms with Crippen LogP contribution in [0.25, 0.3) is 5.76 Å². The first-order valence-corrected chi connectivity index (χ1v) is 10.6. The fraction of sp³-hybridized carbons (Fsp3) is 0.333. The van der Waals surface area contributed by atoms with E-state index in [4.69, 9.17) is 16.3 Å². The van der Waals surface area contributed by atoms with Crippen LogP contribution < -0.4 is 4.74 Å². The van der Waals surface area contributed by atoms with E-state index >= 15 is 0 Å². The van der Waals surface area contributed by atoms with Crippen LogP contribution >= 0.6 is 11.6 Å². The summed E-state index contributed by atoms with van der Waals surface area (Å²) in [6.45, 7) is 3.55. The number of carbonyl (C=O) groups is 2. The lowest BCUT2D eigenvalue weighted by atomic mass is 9.95. The summed E-state index contributed by atoms with van der Waals surface area (Å²) in [4.78, 5) is 29.5. The summed E-state index contributed by atoms with van der Waals surface area (Å²) < 4.78 is 5.61. The SMILES string of the molecule is CCOc1cccc(C2C(=C(O)c3ccc(Cl)cc3)C(=O)C(=O)N2CCCN(C)C)c1. The normalized spacial score (nSPS) is 18.1. The molecule has 1 N–H and O–H groups in total. The summed E-state index contributed by atoms with van der Waals surface area (Å²) in [7, 11) is 3.91. The van der Waals surface area contributed by atoms with Crippen molar-refractivity contribution in [1.29, 1.82) is 0 Å². The fourth-order valence-electron chi connectivity index (χ4n) is 3.72. The Labute approximate surface area is 187 Å². The molecule has 0 aromatic heterocycles. The molecule has 1 fully saturated rings. The van der Waals surface area contributed by atoms with Gasteiger partial charge in [0, 0.05) is 17.1 Å². The molecule has 164 valence electrons. The number of rotatable bonds is 8. The lowest BCUT2D eigenvalue weighted by molar-refractivity contribution is -0.139. The smallest absolute Gasteiger partial charge is 0.295 e. The topological polar surface area (TPSA) is 70.1 Å². The summed E-state index contributed by atoms with van der Waals surface area (Å²) >= 11 is 5.96. The Morgan fingerprint density at radius 2 is 1.87 bits per heavy atom. The monoisotopic (exact) mass is 442 g/mol. The molecule has 0 bridgehead atoms. The average Bonchev–Trinajstić information content (AvgIpc) is 2.99. The zero-order valence-electron chi connectivity index (χ0n) is 18.0. The Balaban J connectivity index is 2.09. The quantitative estimate of drug-likeness (QED) is 0.378. The molecule has 7 heteroatoms. The largest absolute Gasteiger partial charge is 0.507 e. The van der Waals surface area contributed by atoms with Gasteiger partial charge in [-0.3, -0.25) is 9.59 Å². The highest BCUT2D eigenvalue weighted by atomic mass is 35.5. The van der Waals surface area contributed by atoms with Crippen LogP contribution in [0.5, 0.6) is 5.75 Å². The van der Waals surface area contributed by atoms with Crippen molar-refractivity contribution in [3.05, 3.63) is 70.3 Å². The molecule has 0 spiro atoms. The lowest BCUT2D eigenvalue weighted by Gasteiger charge is -2.26. The molecule has 3 rings (SSSR count). The molecule has 1 heterocycles. The van der Waals surface area contributed by atoms with E-state index in [0.717, 1.165) is 6.54 Å². The van der Waals surface area contributed by atoms with Crippen molar-refractivity contribution < 1.29 is 19.4 Å². The van der Waals surface area contributed by atoms with E-state index in [0.29, 0.717) is 41.5 Å². The van der Waals surface area contributed by atoms with Crippen molar-refractivity contribution >= 4 is 29.1 Å². The van der Waals surface area contributed by atoms with Crippen LogP contribution in [0.4, 0.5) is 0 Å². The number of halogens is 1. The van der Waals surface area contributed by atoms with Crippen LogP contribution in [0.2, 0.25) is 5.02 Å². The zero-order chi connectivity index (χ0) is 22.5. The van der Waals surface area contributed by atoms with E-state index < -0.39 is 17.7 Å². The molecule has 2 aromatic rings. The fourth-order valence-corrected chi connectivity index (χ4v) is 3.84. The summed E-state index contributed by atoms with van der Waals surface area (Å²) in [5, 5.41) is 11.5. The molecule has 0 radical (unpaired) electrons. The van der Waals surface area contributed by atoms with Crippen molar-refractivity contribution in [2.45, 2.75) is 19.4 Å². The third kappa shape index (κ3) is 5.09. The summed E-state index contributed by atoms with van der Waals surface area (Å²) in [5.74, 6) is -0.868. The predicted molar refractivity (Wildman–Crippen MR) is 121 cm³/mol. The number of ketones is 1. The van der Waals surface area contributed by atoms with Gasteiger partial charge in [-0.25, -0.2) is 0 Å². The van der Waals surface area contributed by atoms with Gasteiger partial charge in [0.05, 0.1) is 18.2 Å². The number of hydrogen-bond donors (Lipinski definition) is 1. The maximum Gasteiger partial charge on any atom is 0.295 e. The third-order valence-electron chi connectivity index (χ3n) is 5.15. The molecular weight excluding hydrogens is 416 g/mol. The van der Waals surface area contributed by atoms with Crippen LogP contribution in [0.1, 0.15) is 30.5 Å². The first-order chi connectivity index (χ1) is 14.8. The van der Waals surface area contributed by atoms with E-state index in [9.17, 15) is 14.7 Å². The molecule has 1 unspecified atom stereocenters. The minimum atomic E-state index is -0.696. The zero-order valence-corrected chi connectivity index (χ0v) is 18.7. The van der Waals surface area contributed by atoms with Gasteiger partial charge in [-0.15, -0.1) is 0 Å². The molecule has 0 saturated carbocycles. The Morgan fingerprint density at radius 1 is 1.16 bits per heavy atom. The molecule has 1 aliphatic heterocycles. The number of aliphatic hydroxyl groups is 1. The van der Waals surface area contributed by atoms with Crippen molar-refractivity contribution in [3.63, 3.8) is 0 Å². The van der Waals surface area contributed by atoms with Crippen LogP contribution in [0.3, 0.4) is 0 Å². The van der Waals surface area contributed by atoms with Crippen LogP contribution in [0, 0.1) is 0 Å². The highest BCUT2D eigenvalue weighted by Crippen LogP contribution is 2.40. The van der Waals surface area contributed by atoms with Crippen LogP contribution in [-0.2, 0) is 9.59 Å². The van der Waals surface area contributed by atoms with Gasteiger partial charge in [0.25, 0.3) is 11.7 Å². The number of nitrogens with zero attached hydrogens (tertiary/aromatic N) is 2. The first kappa shape index (κ1) is 22.8. The molecule has 1 atom stereocenters. The Bertz CT molecular complexity index is 985. The number of carbonyl (C=O) groups excluding carboxylic acids is 2. The number of Topliss-reactive ketones (excluding diaryl/α,β-unsaturated/α-hetero) is 1. The van der Waals surface area contributed by atoms with Crippen molar-refractivity contribution in [1.82, 2.24) is 9.80 Å². The maximum absolute atomic E-state index is 13.0. The van der Waals surface area contributed by atoms with Crippen molar-refractivity contribution in [3.8, 4) is 5.75 Å². The van der Waals surface area contributed by atoms with E-state index in [1.54, 1.807) is 29.2 Å². The van der Waals surface area contributed by atoms with E-state index in [2.05, 4.69) is 0 Å². The van der Waals surface area contributed by atoms with Gasteiger partial charge in [-0.05, 0) is 75.9 Å². The highest BCUT2D eigenvalue weighted by molar-refractivity contribution is 6.46. The van der Waals surface area contributed by atoms with Gasteiger partial charge in [0.2, 0.25) is 0 Å². The molecule has 1 aliphatic rings. The van der Waals surface area contributed by atoms with Gasteiger partial charge < -0.3 is 19.6 Å². The Morgan fingerprint density at radius 3 is 2.52 bits per heavy atom. The van der Waals surface area contributed by atoms with Gasteiger partial charge in [-0.1, -0.05) is 23.7 Å². The lowest BCUT2D eigenvalue weighted by Crippen LogP contribution is -2.32. The van der Waals surface area contributed by atoms with Gasteiger partial charge in [0.15, 0.2) is 0 Å². The van der Waals surface area contributed by atoms with Gasteiger partial charge in [0.1, 0.15) is 11.5 Å². The molecule has 0 aliphatic carbocycles. The molecule has 6 nitrogen and oxygen atoms in total. The third-order valence-corrected chi connectivity index (χ3v) is 5.40. The Kier molecular flexibility index (Phi) is 7.36. The molecular formula is C24H27ClN2O4. The van der Waals surface area contributed by atoms with Crippen LogP contribution in [0.15, 0.2) is 54.1 Å². The number of aliphatic hydroxyl groups excluding tert-OH is 1. The Hall–Kier alpha value is -2.83. The van der Waals surface area contributed by atoms with E-state index in [1.165, 1.54) is 0 Å². The summed E-state index contributed by atoms with van der Waals surface area (Å²) in [6, 6.07) is 13.1. The first-order valence-electron chi connectivity index (χ1n) is 10.2. The average molecular weight is 443 g/mol. The number of likely N-dealkylation sites (tertiary alicyclic amines) is 1. The molecule has 1 amide bonds. The second-order valence-corrected chi connectivity index (χ2v) is 8.10. The minimum Gasteiger partial charge on any atom is -0.507 e. The van der Waals surface area contributed by atoms with Crippen molar-refractivity contribution in [2.24, 2.45) is 0 Å². The number of ether oxygens (including phenoxy) is 1.